The molecule has 2 fully saturated rings. The predicted molar refractivity (Wildman–Crippen MR) is 114 cm³/mol. The summed E-state index contributed by atoms with van der Waals surface area (Å²) >= 11 is 0. The third kappa shape index (κ3) is 5.12. The quantitative estimate of drug-likeness (QED) is 0.493. The summed E-state index contributed by atoms with van der Waals surface area (Å²) in [5, 5.41) is 10.2. The second-order valence-corrected chi connectivity index (χ2v) is 8.17. The Hall–Kier alpha value is -2.88. The Kier molecular flexibility index (Phi) is 6.50. The van der Waals surface area contributed by atoms with Crippen molar-refractivity contribution < 1.29 is 17.6 Å². The third-order valence-corrected chi connectivity index (χ3v) is 5.78. The molecule has 2 aliphatic rings. The van der Waals surface area contributed by atoms with Crippen LogP contribution >= 0.6 is 0 Å². The number of nitrogens with zero attached hydrogens (tertiary/aromatic N) is 2. The zero-order valence-corrected chi connectivity index (χ0v) is 17.4. The van der Waals surface area contributed by atoms with E-state index in [1.165, 1.54) is 42.9 Å². The topological polar surface area (TPSA) is 74.2 Å². The van der Waals surface area contributed by atoms with Gasteiger partial charge in [0.05, 0.1) is 11.8 Å². The van der Waals surface area contributed by atoms with Crippen LogP contribution in [0.15, 0.2) is 35.3 Å². The van der Waals surface area contributed by atoms with Crippen LogP contribution in [-0.4, -0.2) is 27.7 Å². The summed E-state index contributed by atoms with van der Waals surface area (Å²) in [6.07, 6.45) is 4.29. The lowest BCUT2D eigenvalue weighted by atomic mass is 9.81. The molecule has 3 N–H and O–H groups in total. The number of aromatic amines is 1. The largest absolute Gasteiger partial charge is 0.416 e. The molecule has 0 unspecified atom stereocenters. The highest BCUT2D eigenvalue weighted by Gasteiger charge is 2.31. The number of rotatable bonds is 3. The lowest BCUT2D eigenvalue weighted by Crippen LogP contribution is -2.21. The van der Waals surface area contributed by atoms with Gasteiger partial charge >= 0.3 is 6.18 Å². The van der Waals surface area contributed by atoms with Gasteiger partial charge in [-0.15, -0.1) is 0 Å². The molecule has 0 radical (unpaired) electrons. The first kappa shape index (κ1) is 22.3. The number of piperidine rings is 1. The van der Waals surface area contributed by atoms with Gasteiger partial charge in [0.15, 0.2) is 0 Å². The predicted octanol–water partition coefficient (Wildman–Crippen LogP) is 4.95. The maximum absolute atomic E-state index is 13.6. The van der Waals surface area contributed by atoms with Crippen molar-refractivity contribution in [3.05, 3.63) is 57.8 Å². The fraction of sp³-hybridized carbons (Fsp3) is 0.455. The van der Waals surface area contributed by atoms with Crippen LogP contribution in [-0.2, 0) is 6.18 Å². The first-order valence-electron chi connectivity index (χ1n) is 10.8. The molecule has 1 aromatic carbocycles. The molecule has 0 bridgehead atoms. The molecular weight excluding hydrogens is 426 g/mol. The van der Waals surface area contributed by atoms with E-state index in [9.17, 15) is 22.4 Å². The van der Waals surface area contributed by atoms with Crippen molar-refractivity contribution in [2.75, 3.05) is 18.4 Å². The Balaban J connectivity index is 0.000000354. The lowest BCUT2D eigenvalue weighted by molar-refractivity contribution is -0.137. The number of anilines is 2. The molecular formula is C22H25F4N5O. The van der Waals surface area contributed by atoms with Gasteiger partial charge in [0.1, 0.15) is 17.3 Å². The van der Waals surface area contributed by atoms with E-state index in [1.54, 1.807) is 6.20 Å². The summed E-state index contributed by atoms with van der Waals surface area (Å²) in [7, 11) is 0. The molecule has 1 saturated heterocycles. The van der Waals surface area contributed by atoms with Crippen molar-refractivity contribution in [2.24, 2.45) is 0 Å². The van der Waals surface area contributed by atoms with Gasteiger partial charge in [-0.2, -0.15) is 18.3 Å². The van der Waals surface area contributed by atoms with Crippen LogP contribution in [0.4, 0.5) is 29.1 Å². The average Bonchev–Trinajstić information content (AvgIpc) is 3.11. The van der Waals surface area contributed by atoms with E-state index >= 15 is 0 Å². The summed E-state index contributed by atoms with van der Waals surface area (Å²) < 4.78 is 53.6. The second-order valence-electron chi connectivity index (χ2n) is 8.17. The number of hydrogen-bond acceptors (Lipinski definition) is 4. The van der Waals surface area contributed by atoms with Gasteiger partial charge in [-0.3, -0.25) is 4.79 Å². The average molecular weight is 451 g/mol. The van der Waals surface area contributed by atoms with Crippen LogP contribution in [0, 0.1) is 5.82 Å². The monoisotopic (exact) mass is 451 g/mol. The maximum atomic E-state index is 13.6. The minimum absolute atomic E-state index is 0.120. The Morgan fingerprint density at radius 2 is 1.78 bits per heavy atom. The van der Waals surface area contributed by atoms with Gasteiger partial charge in [0.2, 0.25) is 0 Å². The van der Waals surface area contributed by atoms with Crippen LogP contribution in [0.25, 0.3) is 5.65 Å². The van der Waals surface area contributed by atoms with Crippen molar-refractivity contribution >= 4 is 17.2 Å². The molecule has 172 valence electrons. The minimum atomic E-state index is -4.68. The summed E-state index contributed by atoms with van der Waals surface area (Å²) in [4.78, 5) is 14.7. The molecule has 5 rings (SSSR count). The molecule has 3 aromatic rings. The van der Waals surface area contributed by atoms with E-state index in [0.717, 1.165) is 37.0 Å². The molecule has 0 atom stereocenters. The smallest absolute Gasteiger partial charge is 0.340 e. The van der Waals surface area contributed by atoms with Crippen LogP contribution in [0.2, 0.25) is 0 Å². The number of alkyl halides is 3. The van der Waals surface area contributed by atoms with Crippen LogP contribution < -0.4 is 16.2 Å². The van der Waals surface area contributed by atoms with Gasteiger partial charge < -0.3 is 15.6 Å². The first-order valence-corrected chi connectivity index (χ1v) is 10.8. The Bertz CT molecular complexity index is 1120. The second kappa shape index (κ2) is 9.32. The lowest BCUT2D eigenvalue weighted by Gasteiger charge is -2.24. The SMILES string of the molecule is C1CCNCC1.O=c1cc(Nc2cc(F)cc(C(F)(F)F)c2)n2ncc(C3CCC3)c2[nH]1. The highest BCUT2D eigenvalue weighted by Crippen LogP contribution is 2.38. The van der Waals surface area contributed by atoms with Crippen LogP contribution in [0.3, 0.4) is 0 Å². The molecule has 0 amide bonds. The third-order valence-electron chi connectivity index (χ3n) is 5.78. The van der Waals surface area contributed by atoms with Gasteiger partial charge in [0.25, 0.3) is 5.56 Å². The minimum Gasteiger partial charge on any atom is -0.340 e. The fourth-order valence-corrected chi connectivity index (χ4v) is 3.89. The molecule has 32 heavy (non-hydrogen) atoms. The molecule has 1 aliphatic carbocycles. The summed E-state index contributed by atoms with van der Waals surface area (Å²) in [5.74, 6) is -0.559. The number of nitrogens with one attached hydrogen (secondary N) is 3. The molecule has 6 nitrogen and oxygen atoms in total. The van der Waals surface area contributed by atoms with E-state index in [2.05, 4.69) is 20.7 Å². The Morgan fingerprint density at radius 3 is 2.34 bits per heavy atom. The summed E-state index contributed by atoms with van der Waals surface area (Å²) in [5.41, 5.74) is -0.264. The number of halogens is 4. The highest BCUT2D eigenvalue weighted by molar-refractivity contribution is 5.62. The molecule has 1 saturated carbocycles. The summed E-state index contributed by atoms with van der Waals surface area (Å²) in [6, 6.07) is 3.30. The van der Waals surface area contributed by atoms with E-state index in [4.69, 9.17) is 0 Å². The number of benzene rings is 1. The zero-order valence-electron chi connectivity index (χ0n) is 17.4. The number of aromatic nitrogens is 3. The van der Waals surface area contributed by atoms with E-state index in [0.29, 0.717) is 17.6 Å². The van der Waals surface area contributed by atoms with Gasteiger partial charge in [0, 0.05) is 17.3 Å². The Labute approximate surface area is 182 Å². The van der Waals surface area contributed by atoms with E-state index < -0.39 is 23.1 Å². The molecule has 10 heteroatoms. The van der Waals surface area contributed by atoms with Crippen molar-refractivity contribution in [2.45, 2.75) is 50.6 Å². The molecule has 2 aromatic heterocycles. The standard InChI is InChI=1S/C17H14F4N4O.C5H11N/c18-11-4-10(17(19,20)21)5-12(6-11)23-14-7-15(26)24-16-13(8-22-25(14)16)9-2-1-3-9;1-2-4-6-5-3-1/h4-9,23H,1-3H2,(H,24,26);6H,1-5H2. The van der Waals surface area contributed by atoms with Gasteiger partial charge in [-0.25, -0.2) is 8.91 Å². The van der Waals surface area contributed by atoms with Crippen LogP contribution in [0.5, 0.6) is 0 Å². The number of fused-ring (bicyclic) bond motifs is 1. The molecule has 0 spiro atoms. The fourth-order valence-electron chi connectivity index (χ4n) is 3.89. The normalized spacial score (nSPS) is 16.9. The van der Waals surface area contributed by atoms with Crippen molar-refractivity contribution in [3.63, 3.8) is 0 Å². The van der Waals surface area contributed by atoms with E-state index in [-0.39, 0.29) is 11.5 Å². The van der Waals surface area contributed by atoms with E-state index in [1.807, 2.05) is 0 Å². The van der Waals surface area contributed by atoms with Gasteiger partial charge in [-0.1, -0.05) is 12.8 Å². The first-order chi connectivity index (χ1) is 15.3. The van der Waals surface area contributed by atoms with Crippen molar-refractivity contribution in [3.8, 4) is 0 Å². The number of hydrogen-bond donors (Lipinski definition) is 3. The maximum Gasteiger partial charge on any atom is 0.416 e. The number of H-pyrrole nitrogens is 1. The molecule has 3 heterocycles. The van der Waals surface area contributed by atoms with Crippen molar-refractivity contribution in [1.29, 1.82) is 0 Å². The zero-order chi connectivity index (χ0) is 22.7. The highest BCUT2D eigenvalue weighted by atomic mass is 19.4. The molecule has 1 aliphatic heterocycles. The summed E-state index contributed by atoms with van der Waals surface area (Å²) in [6.45, 7) is 2.50. The van der Waals surface area contributed by atoms with Crippen LogP contribution in [0.1, 0.15) is 55.6 Å². The Morgan fingerprint density at radius 1 is 1.03 bits per heavy atom. The van der Waals surface area contributed by atoms with Gasteiger partial charge in [-0.05, 0) is 62.9 Å². The van der Waals surface area contributed by atoms with Crippen molar-refractivity contribution in [1.82, 2.24) is 19.9 Å².